The Morgan fingerprint density at radius 3 is 2.55 bits per heavy atom. The average Bonchev–Trinajstić information content (AvgIpc) is 2.76. The molecule has 3 atom stereocenters. The van der Waals surface area contributed by atoms with Gasteiger partial charge >= 0.3 is 5.97 Å². The van der Waals surface area contributed by atoms with Crippen LogP contribution >= 0.6 is 23.2 Å². The lowest BCUT2D eigenvalue weighted by atomic mass is 9.95. The van der Waals surface area contributed by atoms with Crippen LogP contribution in [-0.2, 0) is 9.59 Å². The molecule has 0 heterocycles. The predicted octanol–water partition coefficient (Wildman–Crippen LogP) is 3.68. The third-order valence-electron chi connectivity index (χ3n) is 3.64. The minimum atomic E-state index is -0.924. The quantitative estimate of drug-likeness (QED) is 0.894. The maximum Gasteiger partial charge on any atom is 0.307 e. The molecule has 1 aromatic rings. The number of carboxylic acids is 1. The summed E-state index contributed by atoms with van der Waals surface area (Å²) < 4.78 is 0. The fourth-order valence-electron chi connectivity index (χ4n) is 2.67. The van der Waals surface area contributed by atoms with Gasteiger partial charge in [-0.15, -0.1) is 0 Å². The first-order valence-corrected chi connectivity index (χ1v) is 7.12. The number of benzene rings is 1. The van der Waals surface area contributed by atoms with Crippen molar-refractivity contribution in [1.82, 2.24) is 0 Å². The van der Waals surface area contributed by atoms with E-state index in [0.717, 1.165) is 0 Å². The molecule has 1 unspecified atom stereocenters. The van der Waals surface area contributed by atoms with Gasteiger partial charge in [0.1, 0.15) is 0 Å². The van der Waals surface area contributed by atoms with E-state index in [-0.39, 0.29) is 11.8 Å². The largest absolute Gasteiger partial charge is 0.481 e. The average molecular weight is 316 g/mol. The second kappa shape index (κ2) is 6.02. The number of nitrogens with one attached hydrogen (secondary N) is 1. The van der Waals surface area contributed by atoms with Gasteiger partial charge in [0.05, 0.1) is 22.5 Å². The Hall–Kier alpha value is -1.26. The molecule has 2 N–H and O–H groups in total. The van der Waals surface area contributed by atoms with Gasteiger partial charge in [0.15, 0.2) is 0 Å². The van der Waals surface area contributed by atoms with Crippen molar-refractivity contribution in [2.24, 2.45) is 17.8 Å². The van der Waals surface area contributed by atoms with Crippen molar-refractivity contribution < 1.29 is 14.7 Å². The summed E-state index contributed by atoms with van der Waals surface area (Å²) in [6.07, 6.45) is 1.09. The lowest BCUT2D eigenvalue weighted by Gasteiger charge is -2.16. The van der Waals surface area contributed by atoms with Gasteiger partial charge < -0.3 is 10.4 Å². The molecule has 20 heavy (non-hydrogen) atoms. The molecular weight excluding hydrogens is 301 g/mol. The Balaban J connectivity index is 2.15. The van der Waals surface area contributed by atoms with Gasteiger partial charge in [-0.05, 0) is 37.0 Å². The zero-order valence-corrected chi connectivity index (χ0v) is 12.4. The number of halogens is 2. The molecule has 108 valence electrons. The molecule has 1 aliphatic rings. The summed E-state index contributed by atoms with van der Waals surface area (Å²) in [4.78, 5) is 23.5. The van der Waals surface area contributed by atoms with Crippen molar-refractivity contribution in [3.63, 3.8) is 0 Å². The number of aliphatic carboxylic acids is 1. The van der Waals surface area contributed by atoms with Crippen molar-refractivity contribution in [1.29, 1.82) is 0 Å². The maximum atomic E-state index is 12.3. The monoisotopic (exact) mass is 315 g/mol. The van der Waals surface area contributed by atoms with E-state index in [9.17, 15) is 14.7 Å². The van der Waals surface area contributed by atoms with Crippen LogP contribution in [0.15, 0.2) is 18.2 Å². The zero-order valence-electron chi connectivity index (χ0n) is 10.9. The first-order chi connectivity index (χ1) is 9.38. The van der Waals surface area contributed by atoms with Crippen molar-refractivity contribution in [2.75, 3.05) is 5.32 Å². The van der Waals surface area contributed by atoms with Gasteiger partial charge in [-0.3, -0.25) is 9.59 Å². The van der Waals surface area contributed by atoms with Crippen LogP contribution in [0.5, 0.6) is 0 Å². The molecule has 1 aliphatic carbocycles. The highest BCUT2D eigenvalue weighted by atomic mass is 35.5. The third kappa shape index (κ3) is 3.25. The molecule has 1 fully saturated rings. The van der Waals surface area contributed by atoms with Crippen LogP contribution in [0.25, 0.3) is 0 Å². The summed E-state index contributed by atoms with van der Waals surface area (Å²) in [7, 11) is 0. The minimum Gasteiger partial charge on any atom is -0.481 e. The topological polar surface area (TPSA) is 66.4 Å². The molecular formula is C14H15Cl2NO3. The number of carbonyl (C=O) groups is 2. The molecule has 1 saturated carbocycles. The van der Waals surface area contributed by atoms with Crippen LogP contribution in [0.3, 0.4) is 0 Å². The van der Waals surface area contributed by atoms with Crippen LogP contribution in [0, 0.1) is 17.8 Å². The highest BCUT2D eigenvalue weighted by Crippen LogP contribution is 2.37. The van der Waals surface area contributed by atoms with E-state index in [1.54, 1.807) is 18.2 Å². The smallest absolute Gasteiger partial charge is 0.307 e. The number of carboxylic acid groups (broad SMARTS) is 1. The molecule has 1 amide bonds. The Morgan fingerprint density at radius 2 is 1.90 bits per heavy atom. The third-order valence-corrected chi connectivity index (χ3v) is 4.20. The number of amides is 1. The highest BCUT2D eigenvalue weighted by Gasteiger charge is 2.41. The van der Waals surface area contributed by atoms with E-state index < -0.39 is 17.8 Å². The summed E-state index contributed by atoms with van der Waals surface area (Å²) in [5.74, 6) is -2.18. The van der Waals surface area contributed by atoms with Gasteiger partial charge in [0, 0.05) is 5.02 Å². The molecule has 0 aliphatic heterocycles. The summed E-state index contributed by atoms with van der Waals surface area (Å²) in [6, 6.07) is 4.76. The van der Waals surface area contributed by atoms with Crippen LogP contribution in [0.1, 0.15) is 19.8 Å². The number of carbonyl (C=O) groups excluding carboxylic acids is 1. The van der Waals surface area contributed by atoms with Gasteiger partial charge in [-0.1, -0.05) is 30.1 Å². The Labute approximate surface area is 127 Å². The zero-order chi connectivity index (χ0) is 14.9. The highest BCUT2D eigenvalue weighted by molar-refractivity contribution is 6.35. The summed E-state index contributed by atoms with van der Waals surface area (Å²) in [6.45, 7) is 1.95. The van der Waals surface area contributed by atoms with Crippen LogP contribution < -0.4 is 5.32 Å². The van der Waals surface area contributed by atoms with Crippen molar-refractivity contribution in [2.45, 2.75) is 19.8 Å². The van der Waals surface area contributed by atoms with Gasteiger partial charge in [-0.2, -0.15) is 0 Å². The Bertz CT molecular complexity index is 547. The van der Waals surface area contributed by atoms with Crippen molar-refractivity contribution >= 4 is 40.8 Å². The number of hydrogen-bond donors (Lipinski definition) is 2. The van der Waals surface area contributed by atoms with E-state index in [0.29, 0.717) is 28.6 Å². The second-order valence-electron chi connectivity index (χ2n) is 5.24. The lowest BCUT2D eigenvalue weighted by Crippen LogP contribution is -2.30. The number of rotatable bonds is 3. The van der Waals surface area contributed by atoms with E-state index in [1.807, 2.05) is 6.92 Å². The predicted molar refractivity (Wildman–Crippen MR) is 78.1 cm³/mol. The van der Waals surface area contributed by atoms with Crippen LogP contribution in [0.4, 0.5) is 5.69 Å². The maximum absolute atomic E-state index is 12.3. The van der Waals surface area contributed by atoms with Crippen molar-refractivity contribution in [3.8, 4) is 0 Å². The van der Waals surface area contributed by atoms with E-state index in [4.69, 9.17) is 23.2 Å². The minimum absolute atomic E-state index is 0.224. The molecule has 0 radical (unpaired) electrons. The molecule has 6 heteroatoms. The second-order valence-corrected chi connectivity index (χ2v) is 6.08. The Morgan fingerprint density at radius 1 is 1.25 bits per heavy atom. The lowest BCUT2D eigenvalue weighted by molar-refractivity contribution is -0.145. The molecule has 0 saturated heterocycles. The molecule has 0 bridgehead atoms. The molecule has 0 spiro atoms. The Kier molecular flexibility index (Phi) is 4.55. The molecule has 4 nitrogen and oxygen atoms in total. The van der Waals surface area contributed by atoms with Gasteiger partial charge in [0.25, 0.3) is 0 Å². The summed E-state index contributed by atoms with van der Waals surface area (Å²) in [5.41, 5.74) is 0.410. The molecule has 2 rings (SSSR count). The van der Waals surface area contributed by atoms with E-state index >= 15 is 0 Å². The normalized spacial score (nSPS) is 25.4. The number of anilines is 1. The summed E-state index contributed by atoms with van der Waals surface area (Å²) in [5, 5.41) is 12.7. The van der Waals surface area contributed by atoms with E-state index in [1.165, 1.54) is 0 Å². The molecule has 1 aromatic carbocycles. The fraction of sp³-hybridized carbons (Fsp3) is 0.429. The molecule has 0 aromatic heterocycles. The van der Waals surface area contributed by atoms with Gasteiger partial charge in [0.2, 0.25) is 5.91 Å². The van der Waals surface area contributed by atoms with Crippen molar-refractivity contribution in [3.05, 3.63) is 28.2 Å². The first-order valence-electron chi connectivity index (χ1n) is 6.37. The standard InChI is InChI=1S/C14H15Cl2NO3/c1-7-4-9(10(5-7)14(19)20)13(18)17-12-6-8(15)2-3-11(12)16/h2-3,6-7,9-10H,4-5H2,1H3,(H,17,18)(H,19,20)/t7?,9-,10+/m0/s1. The SMILES string of the molecule is CC1C[C@H](C(=O)Nc2cc(Cl)ccc2Cl)[C@H](C(=O)O)C1. The van der Waals surface area contributed by atoms with Crippen LogP contribution in [0.2, 0.25) is 10.0 Å². The van der Waals surface area contributed by atoms with Crippen LogP contribution in [-0.4, -0.2) is 17.0 Å². The fourth-order valence-corrected chi connectivity index (χ4v) is 3.01. The summed E-state index contributed by atoms with van der Waals surface area (Å²) >= 11 is 11.8. The first kappa shape index (κ1) is 15.1. The van der Waals surface area contributed by atoms with E-state index in [2.05, 4.69) is 5.32 Å². The number of hydrogen-bond acceptors (Lipinski definition) is 2. The van der Waals surface area contributed by atoms with Gasteiger partial charge in [-0.25, -0.2) is 0 Å².